The largest absolute Gasteiger partial charge is 0.756 e. The Morgan fingerprint density at radius 2 is 1.05 bits per heavy atom. The monoisotopic (exact) mass is 790 g/mol. The Labute approximate surface area is 335 Å². The van der Waals surface area contributed by atoms with Gasteiger partial charge in [-0.3, -0.25) is 14.2 Å². The average molecular weight is 790 g/mol. The third-order valence-electron chi connectivity index (χ3n) is 8.15. The number of carbonyl (C=O) groups excluding carboxylic acids is 2. The Morgan fingerprint density at radius 1 is 0.582 bits per heavy atom. The number of rotatable bonds is 36. The number of unbranched alkanes of at least 4 members (excludes halogenated alkanes) is 8. The van der Waals surface area contributed by atoms with Crippen LogP contribution in [0.15, 0.2) is 85.1 Å². The molecule has 10 heteroatoms. The molecule has 0 spiro atoms. The van der Waals surface area contributed by atoms with Gasteiger partial charge in [-0.15, -0.1) is 0 Å². The fourth-order valence-electron chi connectivity index (χ4n) is 4.88. The second-order valence-electron chi connectivity index (χ2n) is 14.6. The van der Waals surface area contributed by atoms with Gasteiger partial charge in [0.1, 0.15) is 19.8 Å². The maximum absolute atomic E-state index is 12.6. The molecule has 2 atom stereocenters. The summed E-state index contributed by atoms with van der Waals surface area (Å²) in [5.41, 5.74) is 0. The van der Waals surface area contributed by atoms with Crippen LogP contribution in [-0.2, 0) is 32.7 Å². The fraction of sp³-hybridized carbons (Fsp3) is 0.644. The van der Waals surface area contributed by atoms with Crippen LogP contribution >= 0.6 is 7.82 Å². The summed E-state index contributed by atoms with van der Waals surface area (Å²) < 4.78 is 33.7. The van der Waals surface area contributed by atoms with Crippen molar-refractivity contribution in [2.24, 2.45) is 0 Å². The standard InChI is InChI=1S/C45H76NO8P/c1-6-8-10-12-14-16-18-20-22-23-24-26-28-30-32-34-36-38-45(48)54-43(42-53-55(49,50)52-40-39-46(3,4)5)41-51-44(47)37-35-33-31-29-27-25-21-19-17-15-13-11-9-7-2/h8,10,13-16,19-22,24,26,30,32,43H,6-7,9,11-12,17-18,23,25,27-29,31,33-42H2,1-5H3/b10-8-,15-13-,16-14-,21-19-,22-20-,26-24-,32-30-/t43-/m1/s1. The van der Waals surface area contributed by atoms with Crippen LogP contribution in [0.4, 0.5) is 0 Å². The topological polar surface area (TPSA) is 111 Å². The van der Waals surface area contributed by atoms with Crippen LogP contribution in [0, 0.1) is 0 Å². The average Bonchev–Trinajstić information content (AvgIpc) is 3.13. The molecule has 0 aromatic rings. The predicted octanol–water partition coefficient (Wildman–Crippen LogP) is 11.0. The van der Waals surface area contributed by atoms with E-state index < -0.39 is 32.5 Å². The van der Waals surface area contributed by atoms with Crippen LogP contribution in [0.5, 0.6) is 0 Å². The number of phosphoric ester groups is 1. The number of ether oxygens (including phenoxy) is 2. The summed E-state index contributed by atoms with van der Waals surface area (Å²) in [6.07, 6.45) is 46.2. The summed E-state index contributed by atoms with van der Waals surface area (Å²) in [5, 5.41) is 0. The Balaban J connectivity index is 4.54. The summed E-state index contributed by atoms with van der Waals surface area (Å²) in [6, 6.07) is 0. The zero-order valence-corrected chi connectivity index (χ0v) is 36.0. The number of likely N-dealkylation sites (N-methyl/N-ethyl adjacent to an activating group) is 1. The first-order chi connectivity index (χ1) is 26.5. The summed E-state index contributed by atoms with van der Waals surface area (Å²) in [5.74, 6) is -0.930. The highest BCUT2D eigenvalue weighted by molar-refractivity contribution is 7.45. The third-order valence-corrected chi connectivity index (χ3v) is 9.11. The fourth-order valence-corrected chi connectivity index (χ4v) is 5.61. The predicted molar refractivity (Wildman–Crippen MR) is 226 cm³/mol. The molecule has 0 radical (unpaired) electrons. The third kappa shape index (κ3) is 40.7. The maximum Gasteiger partial charge on any atom is 0.306 e. The molecule has 0 aromatic carbocycles. The number of quaternary nitrogens is 1. The van der Waals surface area contributed by atoms with Crippen LogP contribution in [-0.4, -0.2) is 70.0 Å². The normalized spacial score (nSPS) is 14.5. The molecule has 0 saturated heterocycles. The van der Waals surface area contributed by atoms with Crippen LogP contribution < -0.4 is 4.89 Å². The van der Waals surface area contributed by atoms with Gasteiger partial charge in [0, 0.05) is 12.8 Å². The van der Waals surface area contributed by atoms with E-state index in [2.05, 4.69) is 92.8 Å². The molecule has 0 N–H and O–H groups in total. The van der Waals surface area contributed by atoms with Crippen molar-refractivity contribution in [3.05, 3.63) is 85.1 Å². The van der Waals surface area contributed by atoms with Crippen molar-refractivity contribution in [2.75, 3.05) is 47.5 Å². The molecule has 0 rings (SSSR count). The van der Waals surface area contributed by atoms with Gasteiger partial charge < -0.3 is 27.9 Å². The van der Waals surface area contributed by atoms with Crippen LogP contribution in [0.3, 0.4) is 0 Å². The summed E-state index contributed by atoms with van der Waals surface area (Å²) >= 11 is 0. The van der Waals surface area contributed by atoms with Gasteiger partial charge >= 0.3 is 11.9 Å². The second kappa shape index (κ2) is 36.8. The molecule has 0 amide bonds. The summed E-state index contributed by atoms with van der Waals surface area (Å²) in [4.78, 5) is 37.4. The lowest BCUT2D eigenvalue weighted by atomic mass is 10.1. The molecule has 9 nitrogen and oxygen atoms in total. The van der Waals surface area contributed by atoms with Gasteiger partial charge in [0.25, 0.3) is 7.82 Å². The van der Waals surface area contributed by atoms with Crippen LogP contribution in [0.25, 0.3) is 0 Å². The number of phosphoric acid groups is 1. The van der Waals surface area contributed by atoms with E-state index in [0.717, 1.165) is 77.0 Å². The first-order valence-corrected chi connectivity index (χ1v) is 22.3. The number of carbonyl (C=O) groups is 2. The zero-order chi connectivity index (χ0) is 40.7. The molecule has 0 bridgehead atoms. The first kappa shape index (κ1) is 52.2. The molecule has 0 heterocycles. The summed E-state index contributed by atoms with van der Waals surface area (Å²) in [7, 11) is 1.10. The van der Waals surface area contributed by atoms with Gasteiger partial charge in [0.2, 0.25) is 0 Å². The van der Waals surface area contributed by atoms with Gasteiger partial charge in [0.05, 0.1) is 27.7 Å². The number of allylic oxidation sites excluding steroid dienone is 14. The van der Waals surface area contributed by atoms with E-state index >= 15 is 0 Å². The van der Waals surface area contributed by atoms with E-state index in [1.807, 2.05) is 27.2 Å². The molecule has 0 saturated carbocycles. The van der Waals surface area contributed by atoms with Crippen molar-refractivity contribution in [3.63, 3.8) is 0 Å². The van der Waals surface area contributed by atoms with Gasteiger partial charge in [-0.1, -0.05) is 131 Å². The van der Waals surface area contributed by atoms with E-state index in [1.54, 1.807) is 0 Å². The molecule has 0 aliphatic carbocycles. The zero-order valence-electron chi connectivity index (χ0n) is 35.1. The molecule has 0 fully saturated rings. The van der Waals surface area contributed by atoms with Crippen molar-refractivity contribution < 1.29 is 42.1 Å². The van der Waals surface area contributed by atoms with E-state index in [1.165, 1.54) is 12.8 Å². The van der Waals surface area contributed by atoms with Crippen molar-refractivity contribution in [1.29, 1.82) is 0 Å². The minimum Gasteiger partial charge on any atom is -0.756 e. The van der Waals surface area contributed by atoms with Crippen molar-refractivity contribution >= 4 is 19.8 Å². The Morgan fingerprint density at radius 3 is 1.60 bits per heavy atom. The van der Waals surface area contributed by atoms with Crippen LogP contribution in [0.2, 0.25) is 0 Å². The second-order valence-corrected chi connectivity index (χ2v) is 16.0. The molecule has 1 unspecified atom stereocenters. The highest BCUT2D eigenvalue weighted by Gasteiger charge is 2.21. The molecular formula is C45H76NO8P. The highest BCUT2D eigenvalue weighted by atomic mass is 31.2. The first-order valence-electron chi connectivity index (χ1n) is 20.8. The quantitative estimate of drug-likeness (QED) is 0.0203. The van der Waals surface area contributed by atoms with Crippen molar-refractivity contribution in [1.82, 2.24) is 0 Å². The minimum atomic E-state index is -4.65. The van der Waals surface area contributed by atoms with E-state index in [0.29, 0.717) is 30.3 Å². The van der Waals surface area contributed by atoms with E-state index in [9.17, 15) is 19.0 Å². The van der Waals surface area contributed by atoms with Gasteiger partial charge in [-0.25, -0.2) is 0 Å². The number of esters is 2. The lowest BCUT2D eigenvalue weighted by molar-refractivity contribution is -0.870. The Bertz CT molecular complexity index is 1210. The highest BCUT2D eigenvalue weighted by Crippen LogP contribution is 2.38. The van der Waals surface area contributed by atoms with Gasteiger partial charge in [0.15, 0.2) is 6.10 Å². The lowest BCUT2D eigenvalue weighted by Crippen LogP contribution is -2.37. The Hall–Kier alpha value is -2.81. The molecule has 0 aliphatic heterocycles. The molecule has 55 heavy (non-hydrogen) atoms. The maximum atomic E-state index is 12.6. The van der Waals surface area contributed by atoms with Crippen molar-refractivity contribution in [2.45, 2.75) is 142 Å². The summed E-state index contributed by atoms with van der Waals surface area (Å²) in [6.45, 7) is 3.95. The minimum absolute atomic E-state index is 0.0486. The SMILES string of the molecule is CC/C=C\C/C=C\C/C=C\C/C=C\C/C=C\CCCC(=O)O[C@H](COC(=O)CCCCCCC/C=C\C/C=C\CCCC)COP(=O)([O-])OCC[N+](C)(C)C. The number of hydrogen-bond acceptors (Lipinski definition) is 8. The number of nitrogens with zero attached hydrogens (tertiary/aromatic N) is 1. The molecular weight excluding hydrogens is 713 g/mol. The van der Waals surface area contributed by atoms with Crippen molar-refractivity contribution in [3.8, 4) is 0 Å². The number of hydrogen-bond donors (Lipinski definition) is 0. The smallest absolute Gasteiger partial charge is 0.306 e. The van der Waals surface area contributed by atoms with E-state index in [-0.39, 0.29) is 26.1 Å². The van der Waals surface area contributed by atoms with Gasteiger partial charge in [-0.05, 0) is 77.0 Å². The van der Waals surface area contributed by atoms with E-state index in [4.69, 9.17) is 18.5 Å². The lowest BCUT2D eigenvalue weighted by Gasteiger charge is -2.28. The molecule has 0 aromatic heterocycles. The Kier molecular flexibility index (Phi) is 34.9. The molecule has 0 aliphatic rings. The van der Waals surface area contributed by atoms with Crippen LogP contribution in [0.1, 0.15) is 136 Å². The van der Waals surface area contributed by atoms with Gasteiger partial charge in [-0.2, -0.15) is 0 Å². The molecule has 314 valence electrons.